The molecule has 1 fully saturated rings. The number of nitrogens with one attached hydrogen (secondary N) is 2. The molecule has 0 radical (unpaired) electrons. The summed E-state index contributed by atoms with van der Waals surface area (Å²) in [5, 5.41) is 5.80. The number of hydrogen-bond donors (Lipinski definition) is 2. The standard InChI is InChI=1S/C14H20N2O3S/c1-11-4-6-12(7-5-11)16-14(17)9-15-13-3-2-8-20(18,19)10-13/h4-7,13,15H,2-3,8-10H2,1H3,(H,16,17). The van der Waals surface area contributed by atoms with Crippen LogP contribution in [0.1, 0.15) is 18.4 Å². The summed E-state index contributed by atoms with van der Waals surface area (Å²) in [5.74, 6) is 0.239. The van der Waals surface area contributed by atoms with E-state index in [0.29, 0.717) is 6.42 Å². The van der Waals surface area contributed by atoms with Crippen LogP contribution >= 0.6 is 0 Å². The third-order valence-electron chi connectivity index (χ3n) is 3.35. The number of rotatable bonds is 4. The maximum Gasteiger partial charge on any atom is 0.238 e. The Morgan fingerprint density at radius 2 is 2.00 bits per heavy atom. The molecular weight excluding hydrogens is 276 g/mol. The highest BCUT2D eigenvalue weighted by molar-refractivity contribution is 7.91. The lowest BCUT2D eigenvalue weighted by atomic mass is 10.2. The summed E-state index contributed by atoms with van der Waals surface area (Å²) in [7, 11) is -2.94. The molecule has 1 aromatic carbocycles. The molecule has 1 aliphatic rings. The number of carbonyl (C=O) groups excluding carboxylic acids is 1. The fourth-order valence-corrected chi connectivity index (χ4v) is 3.93. The van der Waals surface area contributed by atoms with Gasteiger partial charge in [-0.05, 0) is 31.9 Å². The van der Waals surface area contributed by atoms with Gasteiger partial charge in [-0.25, -0.2) is 8.42 Å². The van der Waals surface area contributed by atoms with Crippen molar-refractivity contribution in [1.29, 1.82) is 0 Å². The molecule has 1 unspecified atom stereocenters. The van der Waals surface area contributed by atoms with Gasteiger partial charge in [0.2, 0.25) is 5.91 Å². The van der Waals surface area contributed by atoms with Gasteiger partial charge in [0.15, 0.2) is 9.84 Å². The van der Waals surface area contributed by atoms with Crippen LogP contribution in [0.2, 0.25) is 0 Å². The SMILES string of the molecule is Cc1ccc(NC(=O)CNC2CCCS(=O)(=O)C2)cc1. The highest BCUT2D eigenvalue weighted by Crippen LogP contribution is 2.12. The average Bonchev–Trinajstić information content (AvgIpc) is 2.38. The van der Waals surface area contributed by atoms with Gasteiger partial charge in [-0.2, -0.15) is 0 Å². The summed E-state index contributed by atoms with van der Waals surface area (Å²) < 4.78 is 23.0. The first-order valence-electron chi connectivity index (χ1n) is 6.75. The minimum atomic E-state index is -2.94. The lowest BCUT2D eigenvalue weighted by Crippen LogP contribution is -2.43. The quantitative estimate of drug-likeness (QED) is 0.872. The van der Waals surface area contributed by atoms with E-state index in [2.05, 4.69) is 10.6 Å². The fourth-order valence-electron chi connectivity index (χ4n) is 2.26. The van der Waals surface area contributed by atoms with Crippen LogP contribution in [0.15, 0.2) is 24.3 Å². The van der Waals surface area contributed by atoms with Gasteiger partial charge in [0, 0.05) is 11.7 Å². The minimum Gasteiger partial charge on any atom is -0.325 e. The Morgan fingerprint density at radius 3 is 2.65 bits per heavy atom. The van der Waals surface area contributed by atoms with Crippen molar-refractivity contribution in [2.75, 3.05) is 23.4 Å². The lowest BCUT2D eigenvalue weighted by molar-refractivity contribution is -0.115. The van der Waals surface area contributed by atoms with Gasteiger partial charge in [-0.1, -0.05) is 17.7 Å². The minimum absolute atomic E-state index is 0.113. The summed E-state index contributed by atoms with van der Waals surface area (Å²) in [5.41, 5.74) is 1.88. The molecule has 0 aromatic heterocycles. The molecule has 2 N–H and O–H groups in total. The molecule has 1 atom stereocenters. The maximum absolute atomic E-state index is 11.8. The topological polar surface area (TPSA) is 75.3 Å². The van der Waals surface area contributed by atoms with Crippen LogP contribution in [0.25, 0.3) is 0 Å². The predicted molar refractivity (Wildman–Crippen MR) is 79.5 cm³/mol. The molecule has 2 rings (SSSR count). The Hall–Kier alpha value is -1.40. The zero-order valence-electron chi connectivity index (χ0n) is 11.6. The number of aryl methyl sites for hydroxylation is 1. The van der Waals surface area contributed by atoms with E-state index in [9.17, 15) is 13.2 Å². The monoisotopic (exact) mass is 296 g/mol. The fraction of sp³-hybridized carbons (Fsp3) is 0.500. The van der Waals surface area contributed by atoms with Crippen molar-refractivity contribution in [3.05, 3.63) is 29.8 Å². The number of hydrogen-bond acceptors (Lipinski definition) is 4. The number of amides is 1. The zero-order chi connectivity index (χ0) is 14.6. The van der Waals surface area contributed by atoms with Gasteiger partial charge in [0.05, 0.1) is 18.1 Å². The van der Waals surface area contributed by atoms with Crippen LogP contribution in [-0.2, 0) is 14.6 Å². The van der Waals surface area contributed by atoms with E-state index in [4.69, 9.17) is 0 Å². The first kappa shape index (κ1) is 15.0. The van der Waals surface area contributed by atoms with Crippen LogP contribution in [-0.4, -0.2) is 38.4 Å². The third-order valence-corrected chi connectivity index (χ3v) is 5.17. The Bertz CT molecular complexity index is 567. The van der Waals surface area contributed by atoms with Crippen molar-refractivity contribution in [3.8, 4) is 0 Å². The number of carbonyl (C=O) groups is 1. The van der Waals surface area contributed by atoms with Gasteiger partial charge in [0.25, 0.3) is 0 Å². The van der Waals surface area contributed by atoms with E-state index in [1.54, 1.807) is 0 Å². The van der Waals surface area contributed by atoms with E-state index in [-0.39, 0.29) is 30.0 Å². The van der Waals surface area contributed by atoms with Crippen LogP contribution in [0.5, 0.6) is 0 Å². The second-order valence-electron chi connectivity index (χ2n) is 5.25. The molecule has 1 saturated heterocycles. The third kappa shape index (κ3) is 4.61. The molecule has 20 heavy (non-hydrogen) atoms. The van der Waals surface area contributed by atoms with Crippen molar-refractivity contribution >= 4 is 21.4 Å². The molecule has 0 saturated carbocycles. The summed E-state index contributed by atoms with van der Waals surface area (Å²) in [6, 6.07) is 7.43. The van der Waals surface area contributed by atoms with E-state index in [1.165, 1.54) is 0 Å². The molecule has 1 amide bonds. The predicted octanol–water partition coefficient (Wildman–Crippen LogP) is 1.10. The Morgan fingerprint density at radius 1 is 1.30 bits per heavy atom. The normalized spacial score (nSPS) is 21.4. The summed E-state index contributed by atoms with van der Waals surface area (Å²) in [6.45, 7) is 2.12. The van der Waals surface area contributed by atoms with E-state index >= 15 is 0 Å². The lowest BCUT2D eigenvalue weighted by Gasteiger charge is -2.22. The number of anilines is 1. The van der Waals surface area contributed by atoms with Crippen molar-refractivity contribution < 1.29 is 13.2 Å². The highest BCUT2D eigenvalue weighted by Gasteiger charge is 2.24. The van der Waals surface area contributed by atoms with Crippen LogP contribution in [0, 0.1) is 6.92 Å². The van der Waals surface area contributed by atoms with Crippen molar-refractivity contribution in [1.82, 2.24) is 5.32 Å². The van der Waals surface area contributed by atoms with E-state index in [0.717, 1.165) is 17.7 Å². The summed E-state index contributed by atoms with van der Waals surface area (Å²) in [6.07, 6.45) is 1.47. The van der Waals surface area contributed by atoms with Crippen LogP contribution < -0.4 is 10.6 Å². The molecule has 0 bridgehead atoms. The van der Waals surface area contributed by atoms with E-state index in [1.807, 2.05) is 31.2 Å². The van der Waals surface area contributed by atoms with E-state index < -0.39 is 9.84 Å². The first-order chi connectivity index (χ1) is 9.44. The van der Waals surface area contributed by atoms with Crippen molar-refractivity contribution in [3.63, 3.8) is 0 Å². The second-order valence-corrected chi connectivity index (χ2v) is 7.48. The maximum atomic E-state index is 11.8. The van der Waals surface area contributed by atoms with Crippen LogP contribution in [0.3, 0.4) is 0 Å². The molecular formula is C14H20N2O3S. The summed E-state index contributed by atoms with van der Waals surface area (Å²) in [4.78, 5) is 11.8. The number of benzene rings is 1. The van der Waals surface area contributed by atoms with Crippen molar-refractivity contribution in [2.45, 2.75) is 25.8 Å². The largest absolute Gasteiger partial charge is 0.325 e. The Balaban J connectivity index is 1.79. The van der Waals surface area contributed by atoms with Gasteiger partial charge < -0.3 is 10.6 Å². The molecule has 0 aliphatic carbocycles. The van der Waals surface area contributed by atoms with Gasteiger partial charge in [-0.15, -0.1) is 0 Å². The molecule has 5 nitrogen and oxygen atoms in total. The van der Waals surface area contributed by atoms with Gasteiger partial charge in [0.1, 0.15) is 0 Å². The molecule has 0 spiro atoms. The van der Waals surface area contributed by atoms with Crippen molar-refractivity contribution in [2.24, 2.45) is 0 Å². The number of sulfone groups is 1. The Labute approximate surface area is 119 Å². The average molecular weight is 296 g/mol. The smallest absolute Gasteiger partial charge is 0.238 e. The molecule has 110 valence electrons. The first-order valence-corrected chi connectivity index (χ1v) is 8.57. The van der Waals surface area contributed by atoms with Gasteiger partial charge in [-0.3, -0.25) is 4.79 Å². The highest BCUT2D eigenvalue weighted by atomic mass is 32.2. The second kappa shape index (κ2) is 6.37. The zero-order valence-corrected chi connectivity index (χ0v) is 12.4. The molecule has 1 heterocycles. The molecule has 1 aromatic rings. The Kier molecular flexibility index (Phi) is 4.77. The van der Waals surface area contributed by atoms with Crippen LogP contribution in [0.4, 0.5) is 5.69 Å². The van der Waals surface area contributed by atoms with Gasteiger partial charge >= 0.3 is 0 Å². The molecule has 6 heteroatoms. The molecule has 1 aliphatic heterocycles. The summed E-state index contributed by atoms with van der Waals surface area (Å²) >= 11 is 0.